The molecule has 0 unspecified atom stereocenters. The average Bonchev–Trinajstić information content (AvgIpc) is 3.11. The number of aryl methyl sites for hydroxylation is 2. The molecule has 7 nitrogen and oxygen atoms in total. The Hall–Kier alpha value is -2.45. The van der Waals surface area contributed by atoms with Crippen molar-refractivity contribution < 1.29 is 14.3 Å². The molecular formula is C20H28N4O3S. The van der Waals surface area contributed by atoms with Crippen molar-refractivity contribution in [2.75, 3.05) is 25.6 Å². The fourth-order valence-corrected chi connectivity index (χ4v) is 3.44. The van der Waals surface area contributed by atoms with Crippen LogP contribution in [0.4, 0.5) is 10.5 Å². The highest BCUT2D eigenvalue weighted by Crippen LogP contribution is 2.21. The maximum absolute atomic E-state index is 12.9. The number of urea groups is 1. The lowest BCUT2D eigenvalue weighted by Gasteiger charge is -2.27. The molecule has 1 heterocycles. The van der Waals surface area contributed by atoms with Crippen molar-refractivity contribution in [1.82, 2.24) is 15.2 Å². The lowest BCUT2D eigenvalue weighted by molar-refractivity contribution is 0.0932. The minimum absolute atomic E-state index is 0.0211. The molecule has 0 spiro atoms. The third kappa shape index (κ3) is 5.77. The summed E-state index contributed by atoms with van der Waals surface area (Å²) in [5.41, 5.74) is 3.22. The maximum atomic E-state index is 12.9. The molecule has 2 N–H and O–H groups in total. The van der Waals surface area contributed by atoms with E-state index in [1.54, 1.807) is 17.4 Å². The molecule has 0 fully saturated rings. The molecule has 2 rings (SSSR count). The van der Waals surface area contributed by atoms with Crippen LogP contribution in [0.2, 0.25) is 0 Å². The van der Waals surface area contributed by atoms with Crippen molar-refractivity contribution in [1.29, 1.82) is 0 Å². The summed E-state index contributed by atoms with van der Waals surface area (Å²) in [7, 11) is 1.58. The fourth-order valence-electron chi connectivity index (χ4n) is 2.67. The van der Waals surface area contributed by atoms with E-state index in [9.17, 15) is 9.59 Å². The highest BCUT2D eigenvalue weighted by Gasteiger charge is 2.21. The molecule has 0 aliphatic rings. The summed E-state index contributed by atoms with van der Waals surface area (Å²) in [4.78, 5) is 31.0. The van der Waals surface area contributed by atoms with Gasteiger partial charge in [0, 0.05) is 30.8 Å². The summed E-state index contributed by atoms with van der Waals surface area (Å²) in [6.07, 6.45) is 0. The Bertz CT molecular complexity index is 799. The highest BCUT2D eigenvalue weighted by atomic mass is 32.1. The first-order valence-electron chi connectivity index (χ1n) is 9.18. The van der Waals surface area contributed by atoms with E-state index in [2.05, 4.69) is 15.6 Å². The maximum Gasteiger partial charge on any atom is 0.322 e. The third-order valence-electron chi connectivity index (χ3n) is 4.28. The molecule has 28 heavy (non-hydrogen) atoms. The normalized spacial score (nSPS) is 10.8. The van der Waals surface area contributed by atoms with Gasteiger partial charge in [0.25, 0.3) is 5.91 Å². The van der Waals surface area contributed by atoms with Crippen LogP contribution in [-0.4, -0.2) is 48.1 Å². The second-order valence-electron chi connectivity index (χ2n) is 6.79. The molecule has 8 heteroatoms. The summed E-state index contributed by atoms with van der Waals surface area (Å²) in [6.45, 7) is 9.06. The number of nitrogens with zero attached hydrogens (tertiary/aromatic N) is 2. The minimum atomic E-state index is -0.240. The van der Waals surface area contributed by atoms with Gasteiger partial charge in [-0.1, -0.05) is 18.2 Å². The Morgan fingerprint density at radius 1 is 1.25 bits per heavy atom. The minimum Gasteiger partial charge on any atom is -0.383 e. The number of hydrogen-bond donors (Lipinski definition) is 2. The summed E-state index contributed by atoms with van der Waals surface area (Å²) in [5.74, 6) is -0.240. The van der Waals surface area contributed by atoms with E-state index in [4.69, 9.17) is 4.74 Å². The molecule has 0 aliphatic heterocycles. The number of aromatic nitrogens is 1. The van der Waals surface area contributed by atoms with Crippen molar-refractivity contribution in [3.63, 3.8) is 0 Å². The largest absolute Gasteiger partial charge is 0.383 e. The quantitative estimate of drug-likeness (QED) is 0.659. The molecule has 3 amide bonds. The Kier molecular flexibility index (Phi) is 7.95. The zero-order valence-corrected chi connectivity index (χ0v) is 17.9. The van der Waals surface area contributed by atoms with Crippen LogP contribution >= 0.6 is 11.3 Å². The number of anilines is 1. The molecule has 0 radical (unpaired) electrons. The SMILES string of the molecule is COCCNC(=O)c1csc(CN(C(=O)Nc2c(C)cccc2C)C(C)C)n1. The van der Waals surface area contributed by atoms with Crippen LogP contribution in [-0.2, 0) is 11.3 Å². The molecular weight excluding hydrogens is 376 g/mol. The van der Waals surface area contributed by atoms with Crippen LogP contribution in [0.3, 0.4) is 0 Å². The van der Waals surface area contributed by atoms with Gasteiger partial charge in [0.1, 0.15) is 10.7 Å². The van der Waals surface area contributed by atoms with Crippen LogP contribution in [0.1, 0.15) is 40.5 Å². The van der Waals surface area contributed by atoms with E-state index in [1.807, 2.05) is 45.9 Å². The predicted octanol–water partition coefficient (Wildman–Crippen LogP) is 3.58. The van der Waals surface area contributed by atoms with Crippen LogP contribution in [0.15, 0.2) is 23.6 Å². The number of carbonyl (C=O) groups is 2. The van der Waals surface area contributed by atoms with Gasteiger partial charge in [0.2, 0.25) is 0 Å². The second kappa shape index (κ2) is 10.2. The lowest BCUT2D eigenvalue weighted by Crippen LogP contribution is -2.39. The van der Waals surface area contributed by atoms with E-state index in [-0.39, 0.29) is 18.0 Å². The molecule has 152 valence electrons. The Morgan fingerprint density at radius 3 is 2.54 bits per heavy atom. The molecule has 1 aromatic carbocycles. The number of hydrogen-bond acceptors (Lipinski definition) is 5. The topological polar surface area (TPSA) is 83.6 Å². The fraction of sp³-hybridized carbons (Fsp3) is 0.450. The number of nitrogens with one attached hydrogen (secondary N) is 2. The zero-order valence-electron chi connectivity index (χ0n) is 17.0. The Balaban J connectivity index is 2.07. The summed E-state index contributed by atoms with van der Waals surface area (Å²) >= 11 is 1.37. The lowest BCUT2D eigenvalue weighted by atomic mass is 10.1. The van der Waals surface area contributed by atoms with Crippen LogP contribution in [0.25, 0.3) is 0 Å². The van der Waals surface area contributed by atoms with Gasteiger partial charge in [-0.25, -0.2) is 9.78 Å². The molecule has 0 aliphatic carbocycles. The molecule has 2 aromatic rings. The van der Waals surface area contributed by atoms with Gasteiger partial charge in [0.05, 0.1) is 13.2 Å². The molecule has 0 bridgehead atoms. The number of benzene rings is 1. The van der Waals surface area contributed by atoms with Gasteiger partial charge >= 0.3 is 6.03 Å². The Morgan fingerprint density at radius 2 is 1.93 bits per heavy atom. The number of thiazole rings is 1. The van der Waals surface area contributed by atoms with Gasteiger partial charge in [0.15, 0.2) is 0 Å². The standard InChI is InChI=1S/C20H28N4O3S/c1-13(2)24(20(26)23-18-14(3)7-6-8-15(18)4)11-17-22-16(12-28-17)19(25)21-9-10-27-5/h6-8,12-13H,9-11H2,1-5H3,(H,21,25)(H,23,26). The highest BCUT2D eigenvalue weighted by molar-refractivity contribution is 7.09. The third-order valence-corrected chi connectivity index (χ3v) is 5.11. The van der Waals surface area contributed by atoms with Gasteiger partial charge in [-0.2, -0.15) is 0 Å². The molecule has 0 atom stereocenters. The van der Waals surface area contributed by atoms with Crippen LogP contribution in [0.5, 0.6) is 0 Å². The van der Waals surface area contributed by atoms with Crippen molar-refractivity contribution >= 4 is 29.0 Å². The van der Waals surface area contributed by atoms with Crippen LogP contribution in [0, 0.1) is 13.8 Å². The van der Waals surface area contributed by atoms with Crippen molar-refractivity contribution in [3.8, 4) is 0 Å². The number of rotatable bonds is 8. The van der Waals surface area contributed by atoms with E-state index >= 15 is 0 Å². The number of carbonyl (C=O) groups excluding carboxylic acids is 2. The Labute approximate surface area is 170 Å². The zero-order chi connectivity index (χ0) is 20.7. The summed E-state index contributed by atoms with van der Waals surface area (Å²) < 4.78 is 4.92. The second-order valence-corrected chi connectivity index (χ2v) is 7.74. The van der Waals surface area contributed by atoms with Crippen molar-refractivity contribution in [3.05, 3.63) is 45.4 Å². The number of amides is 3. The van der Waals surface area contributed by atoms with E-state index in [0.717, 1.165) is 16.8 Å². The molecule has 0 saturated heterocycles. The average molecular weight is 405 g/mol. The van der Waals surface area contributed by atoms with Gasteiger partial charge < -0.3 is 20.3 Å². The monoisotopic (exact) mass is 404 g/mol. The molecule has 0 saturated carbocycles. The summed E-state index contributed by atoms with van der Waals surface area (Å²) in [6, 6.07) is 5.70. The van der Waals surface area contributed by atoms with E-state index in [1.165, 1.54) is 11.3 Å². The first kappa shape index (κ1) is 21.8. The van der Waals surface area contributed by atoms with Gasteiger partial charge in [-0.3, -0.25) is 4.79 Å². The molecule has 1 aromatic heterocycles. The van der Waals surface area contributed by atoms with E-state index in [0.29, 0.717) is 30.4 Å². The van der Waals surface area contributed by atoms with Gasteiger partial charge in [-0.15, -0.1) is 11.3 Å². The predicted molar refractivity (Wildman–Crippen MR) is 112 cm³/mol. The summed E-state index contributed by atoms with van der Waals surface area (Å²) in [5, 5.41) is 8.18. The first-order valence-corrected chi connectivity index (χ1v) is 10.1. The first-order chi connectivity index (χ1) is 13.3. The van der Waals surface area contributed by atoms with Crippen molar-refractivity contribution in [2.24, 2.45) is 0 Å². The number of para-hydroxylation sites is 1. The van der Waals surface area contributed by atoms with Crippen LogP contribution < -0.4 is 10.6 Å². The smallest absolute Gasteiger partial charge is 0.322 e. The van der Waals surface area contributed by atoms with Gasteiger partial charge in [-0.05, 0) is 38.8 Å². The van der Waals surface area contributed by atoms with E-state index < -0.39 is 0 Å². The van der Waals surface area contributed by atoms with Crippen molar-refractivity contribution in [2.45, 2.75) is 40.3 Å². The number of methoxy groups -OCH3 is 1. The number of ether oxygens (including phenoxy) is 1.